The summed E-state index contributed by atoms with van der Waals surface area (Å²) in [4.78, 5) is 13.5. The summed E-state index contributed by atoms with van der Waals surface area (Å²) >= 11 is 0. The first-order valence-electron chi connectivity index (χ1n) is 7.71. The molecule has 0 radical (unpaired) electrons. The molecule has 1 amide bonds. The van der Waals surface area contributed by atoms with Crippen molar-refractivity contribution in [1.82, 2.24) is 14.8 Å². The van der Waals surface area contributed by atoms with Crippen LogP contribution in [0.5, 0.6) is 5.75 Å². The van der Waals surface area contributed by atoms with Gasteiger partial charge in [0.2, 0.25) is 5.91 Å². The number of ether oxygens (including phenoxy) is 1. The Morgan fingerprint density at radius 2 is 2.18 bits per heavy atom. The largest absolute Gasteiger partial charge is 0.497 e. The second kappa shape index (κ2) is 6.01. The fourth-order valence-corrected chi connectivity index (χ4v) is 3.27. The number of hydrogen-bond donors (Lipinski definition) is 1. The summed E-state index contributed by atoms with van der Waals surface area (Å²) in [5, 5.41) is 4.15. The fraction of sp³-hybridized carbons (Fsp3) is 0.471. The van der Waals surface area contributed by atoms with E-state index >= 15 is 0 Å². The lowest BCUT2D eigenvalue weighted by Gasteiger charge is -2.26. The maximum absolute atomic E-state index is 11.1. The monoisotopic (exact) mass is 301 g/mol. The van der Waals surface area contributed by atoms with E-state index in [9.17, 15) is 4.79 Å². The van der Waals surface area contributed by atoms with Crippen LogP contribution in [-0.2, 0) is 24.3 Å². The van der Waals surface area contributed by atoms with Gasteiger partial charge < -0.3 is 14.6 Å². The van der Waals surface area contributed by atoms with Gasteiger partial charge in [0.1, 0.15) is 5.75 Å². The molecule has 1 aliphatic heterocycles. The highest BCUT2D eigenvalue weighted by molar-refractivity contribution is 5.87. The summed E-state index contributed by atoms with van der Waals surface area (Å²) in [5.74, 6) is 0.900. The number of rotatable bonds is 4. The third-order valence-corrected chi connectivity index (χ3v) is 4.37. The molecule has 2 heterocycles. The molecule has 1 aromatic heterocycles. The lowest BCUT2D eigenvalue weighted by atomic mass is 10.1. The average Bonchev–Trinajstić information content (AvgIpc) is 2.79. The van der Waals surface area contributed by atoms with Crippen molar-refractivity contribution >= 4 is 16.8 Å². The van der Waals surface area contributed by atoms with Gasteiger partial charge in [-0.3, -0.25) is 9.69 Å². The number of carbonyl (C=O) groups is 1. The zero-order valence-corrected chi connectivity index (χ0v) is 13.5. The molecule has 0 bridgehead atoms. The normalized spacial score (nSPS) is 14.9. The van der Waals surface area contributed by atoms with Crippen LogP contribution in [0.3, 0.4) is 0 Å². The van der Waals surface area contributed by atoms with Crippen molar-refractivity contribution in [3.63, 3.8) is 0 Å². The second-order valence-electron chi connectivity index (χ2n) is 5.93. The van der Waals surface area contributed by atoms with Crippen molar-refractivity contribution in [2.24, 2.45) is 0 Å². The van der Waals surface area contributed by atoms with Crippen molar-refractivity contribution in [1.29, 1.82) is 0 Å². The van der Waals surface area contributed by atoms with Gasteiger partial charge in [0.05, 0.1) is 7.11 Å². The summed E-state index contributed by atoms with van der Waals surface area (Å²) in [5.41, 5.74) is 3.96. The number of methoxy groups -OCH3 is 1. The molecule has 22 heavy (non-hydrogen) atoms. The van der Waals surface area contributed by atoms with E-state index in [2.05, 4.69) is 34.0 Å². The van der Waals surface area contributed by atoms with Crippen LogP contribution in [0, 0.1) is 0 Å². The molecule has 0 fully saturated rings. The van der Waals surface area contributed by atoms with Crippen LogP contribution in [0.2, 0.25) is 0 Å². The number of likely N-dealkylation sites (N-methyl/N-ethyl adjacent to an activating group) is 1. The fourth-order valence-electron chi connectivity index (χ4n) is 3.27. The Bertz CT molecular complexity index is 705. The van der Waals surface area contributed by atoms with E-state index in [0.717, 1.165) is 31.8 Å². The number of amides is 1. The summed E-state index contributed by atoms with van der Waals surface area (Å²) in [6.45, 7) is 5.25. The average molecular weight is 301 g/mol. The third-order valence-electron chi connectivity index (χ3n) is 4.37. The molecule has 0 unspecified atom stereocenters. The highest BCUT2D eigenvalue weighted by Gasteiger charge is 2.22. The topological polar surface area (TPSA) is 46.5 Å². The molecule has 5 nitrogen and oxygen atoms in total. The molecule has 3 rings (SSSR count). The number of hydrogen-bond acceptors (Lipinski definition) is 3. The van der Waals surface area contributed by atoms with Gasteiger partial charge in [-0.1, -0.05) is 0 Å². The minimum atomic E-state index is 0.0204. The lowest BCUT2D eigenvalue weighted by molar-refractivity contribution is -0.118. The Kier molecular flexibility index (Phi) is 4.07. The molecule has 0 saturated carbocycles. The highest BCUT2D eigenvalue weighted by atomic mass is 16.5. The van der Waals surface area contributed by atoms with E-state index in [0.29, 0.717) is 6.54 Å². The van der Waals surface area contributed by atoms with Crippen LogP contribution >= 0.6 is 0 Å². The van der Waals surface area contributed by atoms with Gasteiger partial charge in [-0.15, -0.1) is 0 Å². The molecule has 5 heteroatoms. The molecular formula is C17H23N3O2. The molecule has 1 N–H and O–H groups in total. The number of nitrogens with zero attached hydrogens (tertiary/aromatic N) is 2. The van der Waals surface area contributed by atoms with Crippen molar-refractivity contribution in [2.45, 2.75) is 26.4 Å². The number of nitrogens with one attached hydrogen (secondary N) is 1. The maximum Gasteiger partial charge on any atom is 0.216 e. The lowest BCUT2D eigenvalue weighted by Crippen LogP contribution is -2.31. The van der Waals surface area contributed by atoms with Crippen LogP contribution in [0.25, 0.3) is 10.9 Å². The first kappa shape index (κ1) is 14.9. The number of aromatic nitrogens is 1. The number of fused-ring (bicyclic) bond motifs is 3. The third kappa shape index (κ3) is 2.68. The summed E-state index contributed by atoms with van der Waals surface area (Å²) in [6, 6.07) is 6.28. The van der Waals surface area contributed by atoms with Gasteiger partial charge in [0, 0.05) is 49.7 Å². The first-order valence-corrected chi connectivity index (χ1v) is 7.71. The molecule has 0 atom stereocenters. The van der Waals surface area contributed by atoms with Gasteiger partial charge in [-0.2, -0.15) is 0 Å². The van der Waals surface area contributed by atoms with Crippen molar-refractivity contribution in [3.05, 3.63) is 29.5 Å². The molecular weight excluding hydrogens is 278 g/mol. The Morgan fingerprint density at radius 3 is 2.91 bits per heavy atom. The van der Waals surface area contributed by atoms with E-state index in [-0.39, 0.29) is 5.91 Å². The SMILES string of the molecule is COc1ccc2c(c1)c(CCNC(C)=O)c1n2CCN(C)C1. The van der Waals surface area contributed by atoms with Gasteiger partial charge in [-0.25, -0.2) is 0 Å². The van der Waals surface area contributed by atoms with E-state index in [4.69, 9.17) is 4.74 Å². The van der Waals surface area contributed by atoms with Crippen LogP contribution in [0.4, 0.5) is 0 Å². The van der Waals surface area contributed by atoms with Crippen molar-refractivity contribution in [3.8, 4) is 5.75 Å². The van der Waals surface area contributed by atoms with Gasteiger partial charge in [0.25, 0.3) is 0 Å². The summed E-state index contributed by atoms with van der Waals surface area (Å²) in [7, 11) is 3.85. The van der Waals surface area contributed by atoms with Crippen LogP contribution in [-0.4, -0.2) is 42.6 Å². The predicted octanol–water partition coefficient (Wildman–Crippen LogP) is 1.77. The molecule has 1 aromatic carbocycles. The molecule has 1 aliphatic rings. The number of carbonyl (C=O) groups excluding carboxylic acids is 1. The van der Waals surface area contributed by atoms with E-state index < -0.39 is 0 Å². The van der Waals surface area contributed by atoms with Crippen LogP contribution in [0.1, 0.15) is 18.2 Å². The van der Waals surface area contributed by atoms with Gasteiger partial charge in [0.15, 0.2) is 0 Å². The van der Waals surface area contributed by atoms with E-state index in [1.54, 1.807) is 14.0 Å². The van der Waals surface area contributed by atoms with Gasteiger partial charge >= 0.3 is 0 Å². The Morgan fingerprint density at radius 1 is 1.36 bits per heavy atom. The highest BCUT2D eigenvalue weighted by Crippen LogP contribution is 2.32. The first-order chi connectivity index (χ1) is 10.6. The Balaban J connectivity index is 2.05. The summed E-state index contributed by atoms with van der Waals surface area (Å²) in [6.07, 6.45) is 0.847. The predicted molar refractivity (Wildman–Crippen MR) is 87.2 cm³/mol. The molecule has 0 saturated heterocycles. The zero-order chi connectivity index (χ0) is 15.7. The van der Waals surface area contributed by atoms with E-state index in [1.165, 1.54) is 22.2 Å². The van der Waals surface area contributed by atoms with Crippen LogP contribution < -0.4 is 10.1 Å². The van der Waals surface area contributed by atoms with Gasteiger partial charge in [-0.05, 0) is 37.2 Å². The van der Waals surface area contributed by atoms with Crippen molar-refractivity contribution in [2.75, 3.05) is 27.2 Å². The maximum atomic E-state index is 11.1. The smallest absolute Gasteiger partial charge is 0.216 e. The van der Waals surface area contributed by atoms with Crippen molar-refractivity contribution < 1.29 is 9.53 Å². The standard InChI is InChI=1S/C17H23N3O2/c1-12(21)18-7-6-14-15-10-13(22-3)4-5-16(15)20-9-8-19(2)11-17(14)20/h4-5,10H,6-9,11H2,1-3H3,(H,18,21). The Labute approximate surface area is 130 Å². The molecule has 2 aromatic rings. The van der Waals surface area contributed by atoms with E-state index in [1.807, 2.05) is 6.07 Å². The summed E-state index contributed by atoms with van der Waals surface area (Å²) < 4.78 is 7.80. The minimum Gasteiger partial charge on any atom is -0.497 e. The quantitative estimate of drug-likeness (QED) is 0.936. The minimum absolute atomic E-state index is 0.0204. The number of benzene rings is 1. The van der Waals surface area contributed by atoms with Crippen LogP contribution in [0.15, 0.2) is 18.2 Å². The Hall–Kier alpha value is -2.01. The molecule has 0 spiro atoms. The molecule has 0 aliphatic carbocycles. The zero-order valence-electron chi connectivity index (χ0n) is 13.5. The second-order valence-corrected chi connectivity index (χ2v) is 5.93. The molecule has 118 valence electrons.